The van der Waals surface area contributed by atoms with Crippen LogP contribution in [0.4, 0.5) is 0 Å². The Labute approximate surface area is 140 Å². The quantitative estimate of drug-likeness (QED) is 0.653. The molecular weight excluding hydrogens is 306 g/mol. The van der Waals surface area contributed by atoms with Gasteiger partial charge in [-0.3, -0.25) is 4.79 Å². The van der Waals surface area contributed by atoms with Gasteiger partial charge in [-0.2, -0.15) is 0 Å². The number of nitrogens with zero attached hydrogens (tertiary/aromatic N) is 2. The molecule has 1 N–H and O–H groups in total. The highest BCUT2D eigenvalue weighted by molar-refractivity contribution is 8.00. The van der Waals surface area contributed by atoms with Gasteiger partial charge in [0, 0.05) is 11.4 Å². The molecule has 4 nitrogen and oxygen atoms in total. The third kappa shape index (κ3) is 3.50. The standard InChI is InChI=1S/C18H21N3OS/c1-11-19-15-5-3-2-4-14(15)18(20-11)23-10-16(22)21-17(12-6-7-12)13-8-9-13/h2-5,12-13,17H,6-10H2,1H3,(H,21,22). The topological polar surface area (TPSA) is 54.9 Å². The van der Waals surface area contributed by atoms with Crippen LogP contribution in [0.1, 0.15) is 31.5 Å². The van der Waals surface area contributed by atoms with Crippen LogP contribution in [0.2, 0.25) is 0 Å². The predicted molar refractivity (Wildman–Crippen MR) is 92.4 cm³/mol. The molecule has 2 saturated carbocycles. The highest BCUT2D eigenvalue weighted by atomic mass is 32.2. The fraction of sp³-hybridized carbons (Fsp3) is 0.500. The van der Waals surface area contributed by atoms with Crippen molar-refractivity contribution in [3.05, 3.63) is 30.1 Å². The monoisotopic (exact) mass is 327 g/mol. The van der Waals surface area contributed by atoms with Gasteiger partial charge < -0.3 is 5.32 Å². The van der Waals surface area contributed by atoms with Gasteiger partial charge in [0.2, 0.25) is 5.91 Å². The van der Waals surface area contributed by atoms with Crippen molar-refractivity contribution in [2.45, 2.75) is 43.7 Å². The molecule has 120 valence electrons. The molecule has 0 unspecified atom stereocenters. The Morgan fingerprint density at radius 3 is 2.61 bits per heavy atom. The molecule has 0 spiro atoms. The summed E-state index contributed by atoms with van der Waals surface area (Å²) in [6.07, 6.45) is 5.13. The number of hydrogen-bond acceptors (Lipinski definition) is 4. The normalized spacial score (nSPS) is 17.7. The van der Waals surface area contributed by atoms with E-state index < -0.39 is 0 Å². The first-order valence-electron chi connectivity index (χ1n) is 8.36. The molecule has 23 heavy (non-hydrogen) atoms. The summed E-state index contributed by atoms with van der Waals surface area (Å²) in [5.74, 6) is 2.79. The van der Waals surface area contributed by atoms with Crippen LogP contribution >= 0.6 is 11.8 Å². The first-order valence-corrected chi connectivity index (χ1v) is 9.35. The van der Waals surface area contributed by atoms with E-state index in [9.17, 15) is 4.79 Å². The molecule has 0 radical (unpaired) electrons. The Bertz CT molecular complexity index is 728. The summed E-state index contributed by atoms with van der Waals surface area (Å²) in [4.78, 5) is 21.3. The summed E-state index contributed by atoms with van der Waals surface area (Å²) in [7, 11) is 0. The van der Waals surface area contributed by atoms with E-state index in [1.807, 2.05) is 31.2 Å². The molecule has 1 amide bonds. The number of nitrogens with one attached hydrogen (secondary N) is 1. The van der Waals surface area contributed by atoms with Gasteiger partial charge in [-0.05, 0) is 50.5 Å². The molecule has 2 fully saturated rings. The van der Waals surface area contributed by atoms with Crippen LogP contribution < -0.4 is 5.32 Å². The first-order chi connectivity index (χ1) is 11.2. The van der Waals surface area contributed by atoms with E-state index in [1.54, 1.807) is 0 Å². The summed E-state index contributed by atoms with van der Waals surface area (Å²) >= 11 is 1.52. The summed E-state index contributed by atoms with van der Waals surface area (Å²) in [5.41, 5.74) is 0.941. The van der Waals surface area contributed by atoms with Crippen molar-refractivity contribution in [2.75, 3.05) is 5.75 Å². The van der Waals surface area contributed by atoms with Crippen LogP contribution in [-0.2, 0) is 4.79 Å². The minimum Gasteiger partial charge on any atom is -0.352 e. The molecule has 2 aliphatic carbocycles. The molecule has 1 aromatic carbocycles. The number of thioether (sulfide) groups is 1. The average molecular weight is 327 g/mol. The maximum absolute atomic E-state index is 12.3. The lowest BCUT2D eigenvalue weighted by Gasteiger charge is -2.17. The SMILES string of the molecule is Cc1nc(SCC(=O)NC(C2CC2)C2CC2)c2ccccc2n1. The number of fused-ring (bicyclic) bond motifs is 1. The molecule has 0 aliphatic heterocycles. The Kier molecular flexibility index (Phi) is 3.97. The molecule has 2 aromatic rings. The van der Waals surface area contributed by atoms with E-state index in [0.29, 0.717) is 11.8 Å². The van der Waals surface area contributed by atoms with Crippen LogP contribution in [0.25, 0.3) is 10.9 Å². The Morgan fingerprint density at radius 1 is 1.22 bits per heavy atom. The lowest BCUT2D eigenvalue weighted by Crippen LogP contribution is -2.39. The van der Waals surface area contributed by atoms with Crippen LogP contribution in [0.3, 0.4) is 0 Å². The lowest BCUT2D eigenvalue weighted by molar-refractivity contribution is -0.119. The summed E-state index contributed by atoms with van der Waals surface area (Å²) in [5, 5.41) is 5.20. The maximum Gasteiger partial charge on any atom is 0.230 e. The van der Waals surface area contributed by atoms with Crippen molar-refractivity contribution in [3.63, 3.8) is 0 Å². The molecular formula is C18H21N3OS. The third-order valence-electron chi connectivity index (χ3n) is 4.61. The van der Waals surface area contributed by atoms with Crippen LogP contribution in [0.15, 0.2) is 29.3 Å². The van der Waals surface area contributed by atoms with Crippen LogP contribution in [0, 0.1) is 18.8 Å². The molecule has 1 heterocycles. The molecule has 0 saturated heterocycles. The second kappa shape index (κ2) is 6.11. The van der Waals surface area contributed by atoms with E-state index in [4.69, 9.17) is 0 Å². The van der Waals surface area contributed by atoms with Crippen molar-refractivity contribution in [2.24, 2.45) is 11.8 Å². The number of para-hydroxylation sites is 1. The molecule has 5 heteroatoms. The number of carbonyl (C=O) groups excluding carboxylic acids is 1. The Morgan fingerprint density at radius 2 is 1.91 bits per heavy atom. The second-order valence-electron chi connectivity index (χ2n) is 6.65. The van der Waals surface area contributed by atoms with Gasteiger partial charge in [0.05, 0.1) is 11.3 Å². The molecule has 0 bridgehead atoms. The smallest absolute Gasteiger partial charge is 0.230 e. The van der Waals surface area contributed by atoms with E-state index in [1.165, 1.54) is 37.4 Å². The molecule has 4 rings (SSSR count). The second-order valence-corrected chi connectivity index (χ2v) is 7.61. The van der Waals surface area contributed by atoms with Gasteiger partial charge in [-0.15, -0.1) is 0 Å². The number of hydrogen-bond donors (Lipinski definition) is 1. The minimum atomic E-state index is 0.138. The van der Waals surface area contributed by atoms with Crippen LogP contribution in [0.5, 0.6) is 0 Å². The molecule has 0 atom stereocenters. The zero-order chi connectivity index (χ0) is 15.8. The average Bonchev–Trinajstić information content (AvgIpc) is 3.43. The van der Waals surface area contributed by atoms with Crippen molar-refractivity contribution in [1.29, 1.82) is 0 Å². The van der Waals surface area contributed by atoms with Crippen molar-refractivity contribution in [1.82, 2.24) is 15.3 Å². The Balaban J connectivity index is 1.43. The van der Waals surface area contributed by atoms with E-state index >= 15 is 0 Å². The van der Waals surface area contributed by atoms with Crippen molar-refractivity contribution in [3.8, 4) is 0 Å². The lowest BCUT2D eigenvalue weighted by atomic mass is 10.1. The number of aryl methyl sites for hydroxylation is 1. The number of benzene rings is 1. The van der Waals surface area contributed by atoms with E-state index in [-0.39, 0.29) is 5.91 Å². The Hall–Kier alpha value is -1.62. The highest BCUT2D eigenvalue weighted by Gasteiger charge is 2.42. The minimum absolute atomic E-state index is 0.138. The number of carbonyl (C=O) groups is 1. The van der Waals surface area contributed by atoms with Crippen molar-refractivity contribution < 1.29 is 4.79 Å². The zero-order valence-corrected chi connectivity index (χ0v) is 14.1. The summed E-state index contributed by atoms with van der Waals surface area (Å²) in [6, 6.07) is 8.40. The van der Waals surface area contributed by atoms with Gasteiger partial charge in [-0.25, -0.2) is 9.97 Å². The van der Waals surface area contributed by atoms with Gasteiger partial charge >= 0.3 is 0 Å². The van der Waals surface area contributed by atoms with Gasteiger partial charge in [0.1, 0.15) is 10.9 Å². The maximum atomic E-state index is 12.3. The zero-order valence-electron chi connectivity index (χ0n) is 13.3. The first kappa shape index (κ1) is 14.9. The van der Waals surface area contributed by atoms with E-state index in [0.717, 1.165) is 33.6 Å². The van der Waals surface area contributed by atoms with Gasteiger partial charge in [0.15, 0.2) is 0 Å². The predicted octanol–water partition coefficient (Wildman–Crippen LogP) is 3.34. The summed E-state index contributed by atoms with van der Waals surface area (Å²) < 4.78 is 0. The number of rotatable bonds is 6. The molecule has 1 aromatic heterocycles. The highest BCUT2D eigenvalue weighted by Crippen LogP contribution is 2.44. The fourth-order valence-electron chi connectivity index (χ4n) is 3.16. The van der Waals surface area contributed by atoms with Gasteiger partial charge in [-0.1, -0.05) is 30.0 Å². The van der Waals surface area contributed by atoms with Crippen LogP contribution in [-0.4, -0.2) is 27.7 Å². The van der Waals surface area contributed by atoms with Gasteiger partial charge in [0.25, 0.3) is 0 Å². The molecule has 2 aliphatic rings. The largest absolute Gasteiger partial charge is 0.352 e. The summed E-state index contributed by atoms with van der Waals surface area (Å²) in [6.45, 7) is 1.90. The number of amides is 1. The third-order valence-corrected chi connectivity index (χ3v) is 5.60. The van der Waals surface area contributed by atoms with Crippen molar-refractivity contribution >= 4 is 28.6 Å². The van der Waals surface area contributed by atoms with E-state index in [2.05, 4.69) is 15.3 Å². The number of aromatic nitrogens is 2. The fourth-order valence-corrected chi connectivity index (χ4v) is 4.04.